The summed E-state index contributed by atoms with van der Waals surface area (Å²) in [6.07, 6.45) is 3.01. The van der Waals surface area contributed by atoms with Crippen molar-refractivity contribution in [3.8, 4) is 0 Å². The van der Waals surface area contributed by atoms with Crippen molar-refractivity contribution < 1.29 is 8.42 Å². The Hall–Kier alpha value is -0.170. The van der Waals surface area contributed by atoms with Gasteiger partial charge in [-0.15, -0.1) is 0 Å². The molecule has 12 heavy (non-hydrogen) atoms. The van der Waals surface area contributed by atoms with Crippen LogP contribution in [0, 0.1) is 0 Å². The minimum absolute atomic E-state index is 0.0394. The smallest absolute Gasteiger partial charge is 0.274 e. The molecule has 1 fully saturated rings. The van der Waals surface area contributed by atoms with E-state index in [2.05, 4.69) is 10.0 Å². The van der Waals surface area contributed by atoms with Crippen LogP contribution in [0.5, 0.6) is 0 Å². The second kappa shape index (κ2) is 4.18. The van der Waals surface area contributed by atoms with Crippen LogP contribution >= 0.6 is 0 Å². The van der Waals surface area contributed by atoms with E-state index >= 15 is 0 Å². The summed E-state index contributed by atoms with van der Waals surface area (Å²) in [4.78, 5) is 0. The highest BCUT2D eigenvalue weighted by Crippen LogP contribution is 2.03. The summed E-state index contributed by atoms with van der Waals surface area (Å²) in [6.45, 7) is 1.64. The van der Waals surface area contributed by atoms with Gasteiger partial charge in [-0.05, 0) is 19.4 Å². The average molecular weight is 193 g/mol. The van der Waals surface area contributed by atoms with Gasteiger partial charge in [-0.2, -0.15) is 13.1 Å². The summed E-state index contributed by atoms with van der Waals surface area (Å²) < 4.78 is 23.7. The summed E-state index contributed by atoms with van der Waals surface area (Å²) >= 11 is 0. The lowest BCUT2D eigenvalue weighted by atomic mass is 10.2. The van der Waals surface area contributed by atoms with Gasteiger partial charge in [0.15, 0.2) is 0 Å². The molecule has 72 valence electrons. The zero-order chi connectivity index (χ0) is 9.03. The zero-order valence-corrected chi connectivity index (χ0v) is 7.73. The van der Waals surface area contributed by atoms with E-state index in [1.54, 1.807) is 0 Å². The van der Waals surface area contributed by atoms with Crippen molar-refractivity contribution in [2.45, 2.75) is 25.3 Å². The van der Waals surface area contributed by atoms with E-state index in [4.69, 9.17) is 5.14 Å². The largest absolute Gasteiger partial charge is 0.315 e. The van der Waals surface area contributed by atoms with Gasteiger partial charge in [0.05, 0.1) is 0 Å². The molecule has 0 spiro atoms. The Kier molecular flexibility index (Phi) is 3.45. The van der Waals surface area contributed by atoms with Gasteiger partial charge in [0.2, 0.25) is 0 Å². The Morgan fingerprint density at radius 2 is 2.17 bits per heavy atom. The summed E-state index contributed by atoms with van der Waals surface area (Å²) in [6, 6.07) is -0.0394. The normalized spacial score (nSPS) is 26.6. The van der Waals surface area contributed by atoms with Crippen LogP contribution in [-0.4, -0.2) is 27.5 Å². The minimum Gasteiger partial charge on any atom is -0.315 e. The van der Waals surface area contributed by atoms with Crippen LogP contribution in [-0.2, 0) is 10.2 Å². The Labute approximate surface area is 72.9 Å². The SMILES string of the molecule is NS(=O)(=O)NC1CCCCNC1. The van der Waals surface area contributed by atoms with Gasteiger partial charge in [-0.25, -0.2) is 5.14 Å². The third-order valence-corrected chi connectivity index (χ3v) is 2.54. The van der Waals surface area contributed by atoms with Crippen molar-refractivity contribution in [3.63, 3.8) is 0 Å². The van der Waals surface area contributed by atoms with Crippen LogP contribution in [0.3, 0.4) is 0 Å². The molecule has 0 radical (unpaired) electrons. The Morgan fingerprint density at radius 3 is 2.83 bits per heavy atom. The molecule has 1 saturated heterocycles. The number of nitrogens with one attached hydrogen (secondary N) is 2. The van der Waals surface area contributed by atoms with Crippen LogP contribution in [0.25, 0.3) is 0 Å². The Balaban J connectivity index is 2.40. The van der Waals surface area contributed by atoms with Crippen LogP contribution in [0.2, 0.25) is 0 Å². The molecular formula is C6H15N3O2S. The number of hydrogen-bond donors (Lipinski definition) is 3. The number of rotatable bonds is 2. The molecule has 1 aliphatic rings. The van der Waals surface area contributed by atoms with Crippen LogP contribution in [0.15, 0.2) is 0 Å². The van der Waals surface area contributed by atoms with Gasteiger partial charge < -0.3 is 5.32 Å². The maximum Gasteiger partial charge on any atom is 0.274 e. The number of nitrogens with two attached hydrogens (primary N) is 1. The van der Waals surface area contributed by atoms with Crippen molar-refractivity contribution in [1.82, 2.24) is 10.0 Å². The van der Waals surface area contributed by atoms with E-state index in [1.165, 1.54) is 0 Å². The lowest BCUT2D eigenvalue weighted by Crippen LogP contribution is -2.43. The predicted octanol–water partition coefficient (Wildman–Crippen LogP) is -1.08. The first-order valence-electron chi connectivity index (χ1n) is 4.09. The molecule has 1 unspecified atom stereocenters. The van der Waals surface area contributed by atoms with Crippen molar-refractivity contribution in [2.24, 2.45) is 5.14 Å². The molecule has 0 amide bonds. The summed E-state index contributed by atoms with van der Waals surface area (Å²) in [5.41, 5.74) is 0. The first-order chi connectivity index (χ1) is 5.58. The molecule has 0 saturated carbocycles. The van der Waals surface area contributed by atoms with Crippen molar-refractivity contribution in [1.29, 1.82) is 0 Å². The fraction of sp³-hybridized carbons (Fsp3) is 1.00. The molecule has 5 nitrogen and oxygen atoms in total. The van der Waals surface area contributed by atoms with E-state index < -0.39 is 10.2 Å². The third-order valence-electron chi connectivity index (χ3n) is 1.88. The van der Waals surface area contributed by atoms with Gasteiger partial charge in [-0.1, -0.05) is 6.42 Å². The summed E-state index contributed by atoms with van der Waals surface area (Å²) in [7, 11) is -3.53. The highest BCUT2D eigenvalue weighted by molar-refractivity contribution is 7.87. The average Bonchev–Trinajstić information content (AvgIpc) is 2.12. The second-order valence-corrected chi connectivity index (χ2v) is 4.39. The topological polar surface area (TPSA) is 84.2 Å². The molecule has 0 aromatic carbocycles. The number of hydrogen-bond acceptors (Lipinski definition) is 3. The van der Waals surface area contributed by atoms with Crippen molar-refractivity contribution >= 4 is 10.2 Å². The first-order valence-corrected chi connectivity index (χ1v) is 5.63. The molecule has 1 rings (SSSR count). The highest BCUT2D eigenvalue weighted by Gasteiger charge is 2.15. The third kappa shape index (κ3) is 4.01. The van der Waals surface area contributed by atoms with Gasteiger partial charge >= 0.3 is 0 Å². The van der Waals surface area contributed by atoms with Crippen molar-refractivity contribution in [2.75, 3.05) is 13.1 Å². The van der Waals surface area contributed by atoms with Gasteiger partial charge in [0, 0.05) is 12.6 Å². The Morgan fingerprint density at radius 1 is 1.42 bits per heavy atom. The summed E-state index contributed by atoms with van der Waals surface area (Å²) in [5.74, 6) is 0. The van der Waals surface area contributed by atoms with Crippen molar-refractivity contribution in [3.05, 3.63) is 0 Å². The first kappa shape index (κ1) is 9.91. The maximum absolute atomic E-state index is 10.7. The molecule has 1 aliphatic heterocycles. The molecule has 1 atom stereocenters. The Bertz CT molecular complexity index is 219. The van der Waals surface area contributed by atoms with Crippen LogP contribution in [0.1, 0.15) is 19.3 Å². The predicted molar refractivity (Wildman–Crippen MR) is 46.8 cm³/mol. The molecule has 0 aliphatic carbocycles. The lowest BCUT2D eigenvalue weighted by molar-refractivity contribution is 0.522. The fourth-order valence-corrected chi connectivity index (χ4v) is 2.02. The standard InChI is InChI=1S/C6H15N3O2S/c7-12(10,11)9-6-3-1-2-4-8-5-6/h6,8-9H,1-5H2,(H2,7,10,11). The van der Waals surface area contributed by atoms with Crippen LogP contribution < -0.4 is 15.2 Å². The minimum atomic E-state index is -3.53. The zero-order valence-electron chi connectivity index (χ0n) is 6.91. The molecule has 6 heteroatoms. The van der Waals surface area contributed by atoms with Crippen LogP contribution in [0.4, 0.5) is 0 Å². The van der Waals surface area contributed by atoms with Gasteiger partial charge in [0.1, 0.15) is 0 Å². The maximum atomic E-state index is 10.7. The molecule has 4 N–H and O–H groups in total. The van der Waals surface area contributed by atoms with E-state index in [-0.39, 0.29) is 6.04 Å². The fourth-order valence-electron chi connectivity index (χ4n) is 1.35. The van der Waals surface area contributed by atoms with E-state index in [0.717, 1.165) is 25.8 Å². The highest BCUT2D eigenvalue weighted by atomic mass is 32.2. The molecule has 0 aromatic rings. The molecular weight excluding hydrogens is 178 g/mol. The van der Waals surface area contributed by atoms with E-state index in [0.29, 0.717) is 6.54 Å². The second-order valence-electron chi connectivity index (χ2n) is 3.06. The monoisotopic (exact) mass is 193 g/mol. The van der Waals surface area contributed by atoms with Gasteiger partial charge in [-0.3, -0.25) is 0 Å². The summed E-state index contributed by atoms with van der Waals surface area (Å²) in [5, 5.41) is 7.99. The van der Waals surface area contributed by atoms with Gasteiger partial charge in [0.25, 0.3) is 10.2 Å². The van der Waals surface area contributed by atoms with E-state index in [9.17, 15) is 8.42 Å². The lowest BCUT2D eigenvalue weighted by Gasteiger charge is -2.13. The molecule has 0 bridgehead atoms. The quantitative estimate of drug-likeness (QED) is 0.521. The molecule has 0 aromatic heterocycles. The van der Waals surface area contributed by atoms with E-state index in [1.807, 2.05) is 0 Å². The molecule has 1 heterocycles.